The van der Waals surface area contributed by atoms with Gasteiger partial charge < -0.3 is 11.1 Å². The summed E-state index contributed by atoms with van der Waals surface area (Å²) in [4.78, 5) is 10.9. The highest BCUT2D eigenvalue weighted by molar-refractivity contribution is 5.84. The Morgan fingerprint density at radius 1 is 1.80 bits per heavy atom. The van der Waals surface area contributed by atoms with Crippen molar-refractivity contribution in [3.05, 3.63) is 12.3 Å². The third-order valence-electron chi connectivity index (χ3n) is 1.53. The zero-order valence-corrected chi connectivity index (χ0v) is 6.48. The van der Waals surface area contributed by atoms with E-state index in [0.29, 0.717) is 0 Å². The molecule has 0 aliphatic carbocycles. The Morgan fingerprint density at radius 3 is 2.60 bits per heavy atom. The van der Waals surface area contributed by atoms with E-state index < -0.39 is 0 Å². The minimum Gasteiger partial charge on any atom is -0.391 e. The fourth-order valence-electron chi connectivity index (χ4n) is 0.588. The second-order valence-electron chi connectivity index (χ2n) is 2.17. The van der Waals surface area contributed by atoms with E-state index in [1.807, 2.05) is 0 Å². The Morgan fingerprint density at radius 2 is 2.30 bits per heavy atom. The van der Waals surface area contributed by atoms with Gasteiger partial charge in [0.25, 0.3) is 0 Å². The van der Waals surface area contributed by atoms with E-state index in [4.69, 9.17) is 5.73 Å². The topological polar surface area (TPSA) is 55.1 Å². The number of hydrogen-bond acceptors (Lipinski definition) is 3. The van der Waals surface area contributed by atoms with Crippen LogP contribution < -0.4 is 11.1 Å². The second kappa shape index (κ2) is 4.06. The second-order valence-corrected chi connectivity index (χ2v) is 2.17. The zero-order chi connectivity index (χ0) is 8.15. The number of hydrogen-bond donors (Lipinski definition) is 2. The number of nitrogens with two attached hydrogens (primary N) is 1. The van der Waals surface area contributed by atoms with Crippen LogP contribution in [0.15, 0.2) is 12.3 Å². The average molecular weight is 142 g/mol. The summed E-state index contributed by atoms with van der Waals surface area (Å²) in [6.45, 7) is 5.53. The first-order chi connectivity index (χ1) is 4.63. The fourth-order valence-corrected chi connectivity index (χ4v) is 0.588. The SMILES string of the molecule is C=C(NC)C(C)C(=O)CN. The standard InChI is InChI=1S/C7H14N2O/c1-5(6(2)9-3)7(10)4-8/h5,9H,2,4,8H2,1,3H3. The highest BCUT2D eigenvalue weighted by Crippen LogP contribution is 2.03. The molecule has 3 N–H and O–H groups in total. The van der Waals surface area contributed by atoms with E-state index in [9.17, 15) is 4.79 Å². The predicted octanol–water partition coefficient (Wildman–Crippen LogP) is -0.117. The van der Waals surface area contributed by atoms with E-state index in [-0.39, 0.29) is 18.2 Å². The Balaban J connectivity index is 3.94. The molecule has 0 rings (SSSR count). The van der Waals surface area contributed by atoms with Crippen molar-refractivity contribution in [2.75, 3.05) is 13.6 Å². The number of Topliss-reactive ketones (excluding diaryl/α,β-unsaturated/α-hetero) is 1. The van der Waals surface area contributed by atoms with Crippen LogP contribution in [-0.4, -0.2) is 19.4 Å². The number of allylic oxidation sites excluding steroid dienone is 1. The van der Waals surface area contributed by atoms with E-state index >= 15 is 0 Å². The van der Waals surface area contributed by atoms with Crippen molar-refractivity contribution in [2.45, 2.75) is 6.92 Å². The molecular weight excluding hydrogens is 128 g/mol. The van der Waals surface area contributed by atoms with Crippen LogP contribution in [0.5, 0.6) is 0 Å². The lowest BCUT2D eigenvalue weighted by atomic mass is 10.0. The van der Waals surface area contributed by atoms with Crippen LogP contribution in [-0.2, 0) is 4.79 Å². The Labute approximate surface area is 61.3 Å². The summed E-state index contributed by atoms with van der Waals surface area (Å²) in [6.07, 6.45) is 0. The van der Waals surface area contributed by atoms with Crippen LogP contribution in [0.1, 0.15) is 6.92 Å². The third-order valence-corrected chi connectivity index (χ3v) is 1.53. The maximum atomic E-state index is 10.9. The monoisotopic (exact) mass is 142 g/mol. The van der Waals surface area contributed by atoms with Crippen molar-refractivity contribution in [3.8, 4) is 0 Å². The smallest absolute Gasteiger partial charge is 0.154 e. The molecule has 0 aliphatic rings. The number of rotatable bonds is 4. The quantitative estimate of drug-likeness (QED) is 0.575. The summed E-state index contributed by atoms with van der Waals surface area (Å²) >= 11 is 0. The van der Waals surface area contributed by atoms with Crippen molar-refractivity contribution in [1.82, 2.24) is 5.32 Å². The van der Waals surface area contributed by atoms with Crippen molar-refractivity contribution < 1.29 is 4.79 Å². The largest absolute Gasteiger partial charge is 0.391 e. The summed E-state index contributed by atoms with van der Waals surface area (Å²) < 4.78 is 0. The summed E-state index contributed by atoms with van der Waals surface area (Å²) in [5, 5.41) is 2.81. The van der Waals surface area contributed by atoms with Gasteiger partial charge in [-0.15, -0.1) is 0 Å². The molecule has 0 aliphatic heterocycles. The molecule has 0 radical (unpaired) electrons. The normalized spacial score (nSPS) is 12.3. The lowest BCUT2D eigenvalue weighted by Crippen LogP contribution is -2.26. The maximum absolute atomic E-state index is 10.9. The molecule has 0 heterocycles. The summed E-state index contributed by atoms with van der Waals surface area (Å²) in [6, 6.07) is 0. The molecule has 3 nitrogen and oxygen atoms in total. The highest BCUT2D eigenvalue weighted by atomic mass is 16.1. The van der Waals surface area contributed by atoms with Crippen LogP contribution in [0.2, 0.25) is 0 Å². The molecule has 10 heavy (non-hydrogen) atoms. The van der Waals surface area contributed by atoms with E-state index in [1.165, 1.54) is 0 Å². The molecule has 0 aromatic carbocycles. The van der Waals surface area contributed by atoms with Gasteiger partial charge in [0.2, 0.25) is 0 Å². The highest BCUT2D eigenvalue weighted by Gasteiger charge is 2.12. The maximum Gasteiger partial charge on any atom is 0.154 e. The third kappa shape index (κ3) is 2.19. The molecule has 1 unspecified atom stereocenters. The van der Waals surface area contributed by atoms with Crippen LogP contribution >= 0.6 is 0 Å². The van der Waals surface area contributed by atoms with Crippen molar-refractivity contribution in [3.63, 3.8) is 0 Å². The lowest BCUT2D eigenvalue weighted by molar-refractivity contribution is -0.120. The number of nitrogens with one attached hydrogen (secondary N) is 1. The molecule has 0 saturated carbocycles. The molecule has 0 amide bonds. The number of ketones is 1. The van der Waals surface area contributed by atoms with Crippen molar-refractivity contribution >= 4 is 5.78 Å². The Kier molecular flexibility index (Phi) is 3.72. The first-order valence-electron chi connectivity index (χ1n) is 3.22. The lowest BCUT2D eigenvalue weighted by Gasteiger charge is -2.10. The van der Waals surface area contributed by atoms with Gasteiger partial charge in [-0.05, 0) is 6.92 Å². The molecule has 3 heteroatoms. The molecule has 0 saturated heterocycles. The first kappa shape index (κ1) is 9.17. The molecule has 0 spiro atoms. The zero-order valence-electron chi connectivity index (χ0n) is 6.48. The van der Waals surface area contributed by atoms with Gasteiger partial charge in [-0.25, -0.2) is 0 Å². The van der Waals surface area contributed by atoms with Gasteiger partial charge in [0.15, 0.2) is 5.78 Å². The Bertz CT molecular complexity index is 127. The minimum absolute atomic E-state index is 0.0133. The molecule has 0 aromatic rings. The molecule has 58 valence electrons. The van der Waals surface area contributed by atoms with Gasteiger partial charge in [0.1, 0.15) is 0 Å². The summed E-state index contributed by atoms with van der Waals surface area (Å²) in [5.41, 5.74) is 5.87. The Hall–Kier alpha value is -0.830. The summed E-state index contributed by atoms with van der Waals surface area (Å²) in [7, 11) is 1.74. The van der Waals surface area contributed by atoms with Crippen LogP contribution in [0.3, 0.4) is 0 Å². The average Bonchev–Trinajstić information content (AvgIpc) is 2.00. The van der Waals surface area contributed by atoms with Crippen LogP contribution in [0.4, 0.5) is 0 Å². The number of carbonyl (C=O) groups excluding carboxylic acids is 1. The first-order valence-corrected chi connectivity index (χ1v) is 3.22. The minimum atomic E-state index is -0.171. The number of carbonyl (C=O) groups is 1. The van der Waals surface area contributed by atoms with Gasteiger partial charge in [-0.3, -0.25) is 4.79 Å². The molecule has 0 bridgehead atoms. The summed E-state index contributed by atoms with van der Waals surface area (Å²) in [5.74, 6) is -0.158. The van der Waals surface area contributed by atoms with Crippen molar-refractivity contribution in [1.29, 1.82) is 0 Å². The van der Waals surface area contributed by atoms with Crippen molar-refractivity contribution in [2.24, 2.45) is 11.7 Å². The molecular formula is C7H14N2O. The molecule has 0 aromatic heterocycles. The van der Waals surface area contributed by atoms with Gasteiger partial charge in [-0.2, -0.15) is 0 Å². The molecule has 1 atom stereocenters. The van der Waals surface area contributed by atoms with Gasteiger partial charge in [0.05, 0.1) is 12.5 Å². The van der Waals surface area contributed by atoms with E-state index in [1.54, 1.807) is 14.0 Å². The van der Waals surface area contributed by atoms with Gasteiger partial charge >= 0.3 is 0 Å². The molecule has 0 fully saturated rings. The van der Waals surface area contributed by atoms with Gasteiger partial charge in [-0.1, -0.05) is 6.58 Å². The van der Waals surface area contributed by atoms with Crippen LogP contribution in [0.25, 0.3) is 0 Å². The van der Waals surface area contributed by atoms with E-state index in [0.717, 1.165) is 5.70 Å². The van der Waals surface area contributed by atoms with Gasteiger partial charge in [0, 0.05) is 12.7 Å². The van der Waals surface area contributed by atoms with Crippen LogP contribution in [0, 0.1) is 5.92 Å². The predicted molar refractivity (Wildman–Crippen MR) is 41.4 cm³/mol. The fraction of sp³-hybridized carbons (Fsp3) is 0.571. The van der Waals surface area contributed by atoms with E-state index in [2.05, 4.69) is 11.9 Å².